The summed E-state index contributed by atoms with van der Waals surface area (Å²) in [5.41, 5.74) is 4.01. The number of rotatable bonds is 14. The number of halogens is 3. The van der Waals surface area contributed by atoms with Crippen LogP contribution in [0.15, 0.2) is 54.9 Å². The molecule has 10 nitrogen and oxygen atoms in total. The molecule has 1 fully saturated rings. The van der Waals surface area contributed by atoms with Crippen molar-refractivity contribution in [1.82, 2.24) is 30.9 Å². The summed E-state index contributed by atoms with van der Waals surface area (Å²) in [5, 5.41) is 13.1. The van der Waals surface area contributed by atoms with Crippen molar-refractivity contribution in [3.8, 4) is 28.4 Å². The van der Waals surface area contributed by atoms with E-state index in [4.69, 9.17) is 37.7 Å². The number of hydrogen-bond acceptors (Lipinski definition) is 9. The number of hydrogen-bond donors (Lipinski definition) is 4. The molecule has 45 heavy (non-hydrogen) atoms. The third-order valence-corrected chi connectivity index (χ3v) is 8.15. The summed E-state index contributed by atoms with van der Waals surface area (Å²) in [5.74, 6) is 0.110. The Labute approximate surface area is 271 Å². The van der Waals surface area contributed by atoms with Gasteiger partial charge in [0, 0.05) is 80.4 Å². The maximum Gasteiger partial charge on any atom is 0.220 e. The molecule has 4 N–H and O–H groups in total. The molecule has 1 aliphatic heterocycles. The molecule has 5 rings (SSSR count). The van der Waals surface area contributed by atoms with E-state index in [1.807, 2.05) is 12.1 Å². The Kier molecular flexibility index (Phi) is 11.1. The number of methoxy groups -OCH3 is 2. The molecular weight excluding hydrogens is 620 g/mol. The fourth-order valence-electron chi connectivity index (χ4n) is 5.02. The summed E-state index contributed by atoms with van der Waals surface area (Å²) in [6, 6.07) is 12.6. The van der Waals surface area contributed by atoms with Gasteiger partial charge < -0.3 is 30.7 Å². The highest BCUT2D eigenvalue weighted by molar-refractivity contribution is 6.39. The van der Waals surface area contributed by atoms with E-state index in [1.165, 1.54) is 6.20 Å². The Morgan fingerprint density at radius 2 is 1.80 bits per heavy atom. The quantitative estimate of drug-likeness (QED) is 0.131. The summed E-state index contributed by atoms with van der Waals surface area (Å²) in [7, 11) is 3.18. The van der Waals surface area contributed by atoms with Crippen LogP contribution in [0.2, 0.25) is 10.0 Å². The number of carbonyl (C=O) groups excluding carboxylic acids is 1. The molecule has 4 heterocycles. The molecule has 3 aromatic heterocycles. The number of benzene rings is 1. The van der Waals surface area contributed by atoms with Gasteiger partial charge in [0.2, 0.25) is 11.8 Å². The molecule has 0 unspecified atom stereocenters. The van der Waals surface area contributed by atoms with E-state index >= 15 is 4.39 Å². The molecule has 1 saturated heterocycles. The number of pyridine rings is 3. The van der Waals surface area contributed by atoms with Gasteiger partial charge in [-0.15, -0.1) is 0 Å². The number of aromatic nitrogens is 3. The van der Waals surface area contributed by atoms with Crippen molar-refractivity contribution in [1.29, 1.82) is 0 Å². The lowest BCUT2D eigenvalue weighted by Gasteiger charge is -2.16. The zero-order valence-electron chi connectivity index (χ0n) is 24.9. The van der Waals surface area contributed by atoms with E-state index in [9.17, 15) is 4.79 Å². The maximum atomic E-state index is 15.3. The third-order valence-electron chi connectivity index (χ3n) is 7.36. The second-order valence-electron chi connectivity index (χ2n) is 10.4. The molecule has 0 spiro atoms. The van der Waals surface area contributed by atoms with Crippen molar-refractivity contribution in [3.63, 3.8) is 0 Å². The molecule has 1 atom stereocenters. The predicted molar refractivity (Wildman–Crippen MR) is 173 cm³/mol. The zero-order chi connectivity index (χ0) is 31.8. The Bertz CT molecular complexity index is 1660. The molecule has 1 aromatic carbocycles. The van der Waals surface area contributed by atoms with Gasteiger partial charge in [-0.3, -0.25) is 9.78 Å². The van der Waals surface area contributed by atoms with Crippen molar-refractivity contribution in [2.24, 2.45) is 0 Å². The number of nitrogens with one attached hydrogen (secondary N) is 4. The van der Waals surface area contributed by atoms with Crippen LogP contribution >= 0.6 is 23.2 Å². The molecule has 0 aliphatic carbocycles. The van der Waals surface area contributed by atoms with E-state index in [2.05, 4.69) is 31.2 Å². The van der Waals surface area contributed by atoms with E-state index < -0.39 is 5.82 Å². The highest BCUT2D eigenvalue weighted by atomic mass is 35.5. The molecule has 0 radical (unpaired) electrons. The number of nitrogens with zero attached hydrogens (tertiary/aromatic N) is 3. The van der Waals surface area contributed by atoms with Crippen molar-refractivity contribution in [2.45, 2.75) is 32.0 Å². The lowest BCUT2D eigenvalue weighted by molar-refractivity contribution is -0.119. The van der Waals surface area contributed by atoms with Gasteiger partial charge in [-0.05, 0) is 30.7 Å². The zero-order valence-corrected chi connectivity index (χ0v) is 26.4. The van der Waals surface area contributed by atoms with Gasteiger partial charge in [0.1, 0.15) is 0 Å². The first-order valence-corrected chi connectivity index (χ1v) is 15.2. The SMILES string of the molecule is COCCNCc1ccnc(Nc2cccc(-c3nccc(-c4ccc(CNC[C@H]5CCC(=O)N5)c(OC)n4)c3Cl)c2Cl)c1F. The average molecular weight is 655 g/mol. The molecule has 1 aliphatic rings. The van der Waals surface area contributed by atoms with Crippen LogP contribution in [0, 0.1) is 5.82 Å². The van der Waals surface area contributed by atoms with Crippen molar-refractivity contribution in [3.05, 3.63) is 81.8 Å². The summed E-state index contributed by atoms with van der Waals surface area (Å²) >= 11 is 13.8. The summed E-state index contributed by atoms with van der Waals surface area (Å²) in [4.78, 5) is 24.9. The normalized spacial score (nSPS) is 14.4. The minimum absolute atomic E-state index is 0.0479. The Hall–Kier alpha value is -3.87. The van der Waals surface area contributed by atoms with Crippen molar-refractivity contribution >= 4 is 40.6 Å². The first kappa shape index (κ1) is 32.5. The third kappa shape index (κ3) is 7.86. The fourth-order valence-corrected chi connectivity index (χ4v) is 5.59. The van der Waals surface area contributed by atoms with Crippen LogP contribution < -0.4 is 26.0 Å². The number of ether oxygens (including phenoxy) is 2. The highest BCUT2D eigenvalue weighted by Gasteiger charge is 2.21. The standard InChI is InChI=1S/C32H34Cl2FN7O3/c1-44-15-14-36-16-19-10-12-39-31(29(19)35)41-25-5-3-4-23(27(25)33)30-28(34)22(11-13-38-30)24-8-6-20(32(42-24)45-2)17-37-18-21-7-9-26(43)40-21/h3-6,8,10-13,21,36-37H,7,9,14-18H2,1-2H3,(H,39,41)(H,40,43)/t21-/m1/s1. The summed E-state index contributed by atoms with van der Waals surface area (Å²) < 4.78 is 25.9. The second kappa shape index (κ2) is 15.4. The van der Waals surface area contributed by atoms with Gasteiger partial charge in [-0.1, -0.05) is 41.4 Å². The summed E-state index contributed by atoms with van der Waals surface area (Å²) in [6.07, 6.45) is 4.55. The van der Waals surface area contributed by atoms with Crippen LogP contribution in [0.3, 0.4) is 0 Å². The van der Waals surface area contributed by atoms with Crippen LogP contribution in [0.5, 0.6) is 5.88 Å². The highest BCUT2D eigenvalue weighted by Crippen LogP contribution is 2.40. The van der Waals surface area contributed by atoms with E-state index in [0.29, 0.717) is 88.9 Å². The fraction of sp³-hybridized carbons (Fsp3) is 0.312. The van der Waals surface area contributed by atoms with Gasteiger partial charge >= 0.3 is 0 Å². The van der Waals surface area contributed by atoms with E-state index in [-0.39, 0.29) is 17.8 Å². The van der Waals surface area contributed by atoms with Crippen LogP contribution in [0.25, 0.3) is 22.5 Å². The lowest BCUT2D eigenvalue weighted by Crippen LogP contribution is -2.35. The number of amides is 1. The lowest BCUT2D eigenvalue weighted by atomic mass is 10.1. The molecule has 4 aromatic rings. The van der Waals surface area contributed by atoms with Crippen LogP contribution in [0.4, 0.5) is 15.9 Å². The molecule has 13 heteroatoms. The van der Waals surface area contributed by atoms with Crippen LogP contribution in [-0.2, 0) is 22.6 Å². The van der Waals surface area contributed by atoms with Gasteiger partial charge in [0.25, 0.3) is 0 Å². The monoisotopic (exact) mass is 653 g/mol. The molecule has 0 bridgehead atoms. The minimum atomic E-state index is -0.481. The van der Waals surface area contributed by atoms with E-state index in [0.717, 1.165) is 12.0 Å². The Morgan fingerprint density at radius 1 is 0.978 bits per heavy atom. The maximum absolute atomic E-state index is 15.3. The molecule has 1 amide bonds. The van der Waals surface area contributed by atoms with Gasteiger partial charge in [0.15, 0.2) is 11.6 Å². The largest absolute Gasteiger partial charge is 0.481 e. The van der Waals surface area contributed by atoms with Crippen molar-refractivity contribution < 1.29 is 18.7 Å². The molecular formula is C32H34Cl2FN7O3. The topological polar surface area (TPSA) is 122 Å². The minimum Gasteiger partial charge on any atom is -0.481 e. The first-order chi connectivity index (χ1) is 21.9. The van der Waals surface area contributed by atoms with Crippen molar-refractivity contribution in [2.75, 3.05) is 39.2 Å². The van der Waals surface area contributed by atoms with Gasteiger partial charge in [0.05, 0.1) is 40.8 Å². The summed E-state index contributed by atoms with van der Waals surface area (Å²) in [6.45, 7) is 2.62. The van der Waals surface area contributed by atoms with Gasteiger partial charge in [-0.2, -0.15) is 0 Å². The van der Waals surface area contributed by atoms with Gasteiger partial charge in [-0.25, -0.2) is 14.4 Å². The Balaban J connectivity index is 1.35. The average Bonchev–Trinajstić information content (AvgIpc) is 3.47. The second-order valence-corrected chi connectivity index (χ2v) is 11.2. The van der Waals surface area contributed by atoms with Crippen LogP contribution in [0.1, 0.15) is 24.0 Å². The number of anilines is 2. The molecule has 0 saturated carbocycles. The smallest absolute Gasteiger partial charge is 0.220 e. The predicted octanol–water partition coefficient (Wildman–Crippen LogP) is 5.51. The molecule has 236 valence electrons. The number of carbonyl (C=O) groups is 1. The first-order valence-electron chi connectivity index (χ1n) is 14.5. The Morgan fingerprint density at radius 3 is 2.58 bits per heavy atom. The van der Waals surface area contributed by atoms with Crippen LogP contribution in [-0.4, -0.2) is 60.8 Å². The van der Waals surface area contributed by atoms with E-state index in [1.54, 1.807) is 50.7 Å².